The molecule has 0 saturated heterocycles. The van der Waals surface area contributed by atoms with Crippen molar-refractivity contribution in [2.24, 2.45) is 11.1 Å². The maximum atomic E-state index is 12.5. The number of benzene rings is 1. The SMILES string of the molecule is CN(CC(C)(C)CN)C(=O)c1n[nH]c2ccc([N+](=O)[O-])cc12. The van der Waals surface area contributed by atoms with Gasteiger partial charge >= 0.3 is 0 Å². The summed E-state index contributed by atoms with van der Waals surface area (Å²) in [5, 5.41) is 18.0. The van der Waals surface area contributed by atoms with Crippen molar-refractivity contribution in [3.8, 4) is 0 Å². The molecule has 0 fully saturated rings. The lowest BCUT2D eigenvalue weighted by Gasteiger charge is -2.28. The Hall–Kier alpha value is -2.48. The molecular weight excluding hydrogens is 286 g/mol. The molecule has 0 aliphatic rings. The van der Waals surface area contributed by atoms with Crippen molar-refractivity contribution in [1.29, 1.82) is 0 Å². The van der Waals surface area contributed by atoms with Crippen LogP contribution in [0.2, 0.25) is 0 Å². The number of carbonyl (C=O) groups is 1. The van der Waals surface area contributed by atoms with Crippen LogP contribution in [0, 0.1) is 15.5 Å². The molecule has 8 nitrogen and oxygen atoms in total. The topological polar surface area (TPSA) is 118 Å². The highest BCUT2D eigenvalue weighted by molar-refractivity contribution is 6.05. The first-order valence-corrected chi connectivity index (χ1v) is 6.83. The van der Waals surface area contributed by atoms with Gasteiger partial charge < -0.3 is 10.6 Å². The number of aromatic amines is 1. The van der Waals surface area contributed by atoms with Gasteiger partial charge in [0.05, 0.1) is 10.4 Å². The van der Waals surface area contributed by atoms with Crippen LogP contribution in [0.3, 0.4) is 0 Å². The first-order valence-electron chi connectivity index (χ1n) is 6.83. The van der Waals surface area contributed by atoms with Crippen LogP contribution in [0.4, 0.5) is 5.69 Å². The van der Waals surface area contributed by atoms with E-state index in [4.69, 9.17) is 5.73 Å². The second-order valence-electron chi connectivity index (χ2n) is 6.09. The summed E-state index contributed by atoms with van der Waals surface area (Å²) in [6, 6.07) is 4.27. The Bertz CT molecular complexity index is 722. The maximum Gasteiger partial charge on any atom is 0.274 e. The van der Waals surface area contributed by atoms with Gasteiger partial charge in [-0.15, -0.1) is 0 Å². The van der Waals surface area contributed by atoms with Gasteiger partial charge in [-0.25, -0.2) is 0 Å². The molecule has 2 rings (SSSR count). The lowest BCUT2D eigenvalue weighted by Crippen LogP contribution is -2.39. The number of hydrogen-bond donors (Lipinski definition) is 2. The monoisotopic (exact) mass is 305 g/mol. The van der Waals surface area contributed by atoms with Gasteiger partial charge in [0.25, 0.3) is 11.6 Å². The molecule has 1 heterocycles. The number of hydrogen-bond acceptors (Lipinski definition) is 5. The minimum atomic E-state index is -0.498. The van der Waals surface area contributed by atoms with Crippen molar-refractivity contribution < 1.29 is 9.72 Å². The zero-order valence-corrected chi connectivity index (χ0v) is 12.8. The molecule has 8 heteroatoms. The lowest BCUT2D eigenvalue weighted by atomic mass is 9.93. The average molecular weight is 305 g/mol. The molecule has 0 unspecified atom stereocenters. The lowest BCUT2D eigenvalue weighted by molar-refractivity contribution is -0.384. The Morgan fingerprint density at radius 1 is 1.50 bits per heavy atom. The number of fused-ring (bicyclic) bond motifs is 1. The Kier molecular flexibility index (Phi) is 4.14. The maximum absolute atomic E-state index is 12.5. The number of rotatable bonds is 5. The van der Waals surface area contributed by atoms with Gasteiger partial charge in [0.15, 0.2) is 5.69 Å². The van der Waals surface area contributed by atoms with E-state index in [0.29, 0.717) is 24.0 Å². The fourth-order valence-electron chi connectivity index (χ4n) is 2.24. The van der Waals surface area contributed by atoms with Gasteiger partial charge in [-0.1, -0.05) is 13.8 Å². The number of non-ortho nitro benzene ring substituents is 1. The number of nitrogens with zero attached hydrogens (tertiary/aromatic N) is 3. The first-order chi connectivity index (χ1) is 10.2. The van der Waals surface area contributed by atoms with Crippen molar-refractivity contribution in [2.75, 3.05) is 20.1 Å². The number of nitro groups is 1. The van der Waals surface area contributed by atoms with Gasteiger partial charge in [0.2, 0.25) is 0 Å². The van der Waals surface area contributed by atoms with Crippen LogP contribution < -0.4 is 5.73 Å². The van der Waals surface area contributed by atoms with E-state index in [1.807, 2.05) is 13.8 Å². The average Bonchev–Trinajstić information content (AvgIpc) is 2.88. The number of nitrogens with two attached hydrogens (primary N) is 1. The van der Waals surface area contributed by atoms with Crippen molar-refractivity contribution in [2.45, 2.75) is 13.8 Å². The number of H-pyrrole nitrogens is 1. The predicted octanol–water partition coefficient (Wildman–Crippen LogP) is 1.53. The standard InChI is InChI=1S/C14H19N5O3/c1-14(2,7-15)8-18(3)13(20)12-10-6-9(19(21)22)4-5-11(10)16-17-12/h4-6H,7-8,15H2,1-3H3,(H,16,17). The quantitative estimate of drug-likeness (QED) is 0.641. The van der Waals surface area contributed by atoms with E-state index >= 15 is 0 Å². The highest BCUT2D eigenvalue weighted by atomic mass is 16.6. The summed E-state index contributed by atoms with van der Waals surface area (Å²) in [5.41, 5.74) is 6.15. The molecule has 0 radical (unpaired) electrons. The van der Waals surface area contributed by atoms with Gasteiger partial charge in [-0.05, 0) is 18.0 Å². The fourth-order valence-corrected chi connectivity index (χ4v) is 2.24. The molecule has 22 heavy (non-hydrogen) atoms. The molecule has 118 valence electrons. The third-order valence-electron chi connectivity index (χ3n) is 3.52. The molecule has 0 aliphatic heterocycles. The van der Waals surface area contributed by atoms with Crippen molar-refractivity contribution in [3.63, 3.8) is 0 Å². The summed E-state index contributed by atoms with van der Waals surface area (Å²) in [6.07, 6.45) is 0. The highest BCUT2D eigenvalue weighted by Crippen LogP contribution is 2.23. The summed E-state index contributed by atoms with van der Waals surface area (Å²) in [6.45, 7) is 4.83. The third-order valence-corrected chi connectivity index (χ3v) is 3.52. The largest absolute Gasteiger partial charge is 0.340 e. The summed E-state index contributed by atoms with van der Waals surface area (Å²) in [4.78, 5) is 24.4. The van der Waals surface area contributed by atoms with E-state index in [2.05, 4.69) is 10.2 Å². The van der Waals surface area contributed by atoms with E-state index < -0.39 is 4.92 Å². The molecule has 3 N–H and O–H groups in total. The molecular formula is C14H19N5O3. The third kappa shape index (κ3) is 3.06. The van der Waals surface area contributed by atoms with Crippen LogP contribution in [0.15, 0.2) is 18.2 Å². The summed E-state index contributed by atoms with van der Waals surface area (Å²) in [7, 11) is 1.66. The number of aromatic nitrogens is 2. The first kappa shape index (κ1) is 15.9. The van der Waals surface area contributed by atoms with Crippen LogP contribution in [0.5, 0.6) is 0 Å². The number of nitrogens with one attached hydrogen (secondary N) is 1. The molecule has 0 bridgehead atoms. The second kappa shape index (κ2) is 5.72. The number of amides is 1. The predicted molar refractivity (Wildman–Crippen MR) is 82.5 cm³/mol. The van der Waals surface area contributed by atoms with Crippen LogP contribution in [0.1, 0.15) is 24.3 Å². The van der Waals surface area contributed by atoms with E-state index in [1.165, 1.54) is 17.0 Å². The molecule has 1 aromatic carbocycles. The molecule has 0 aliphatic carbocycles. The fraction of sp³-hybridized carbons (Fsp3) is 0.429. The summed E-state index contributed by atoms with van der Waals surface area (Å²) >= 11 is 0. The van der Waals surface area contributed by atoms with Gasteiger partial charge in [-0.3, -0.25) is 20.0 Å². The smallest absolute Gasteiger partial charge is 0.274 e. The number of nitro benzene ring substituents is 1. The molecule has 0 atom stereocenters. The molecule has 1 amide bonds. The van der Waals surface area contributed by atoms with Crippen LogP contribution >= 0.6 is 0 Å². The van der Waals surface area contributed by atoms with E-state index in [-0.39, 0.29) is 22.7 Å². The Balaban J connectivity index is 2.35. The van der Waals surface area contributed by atoms with Crippen molar-refractivity contribution >= 4 is 22.5 Å². The summed E-state index contributed by atoms with van der Waals surface area (Å²) in [5.74, 6) is -0.298. The molecule has 1 aromatic heterocycles. The van der Waals surface area contributed by atoms with E-state index in [0.717, 1.165) is 0 Å². The normalized spacial score (nSPS) is 11.6. The van der Waals surface area contributed by atoms with Crippen molar-refractivity contribution in [3.05, 3.63) is 34.0 Å². The zero-order valence-electron chi connectivity index (χ0n) is 12.8. The van der Waals surface area contributed by atoms with Crippen LogP contribution in [-0.4, -0.2) is 46.1 Å². The van der Waals surface area contributed by atoms with E-state index in [1.54, 1.807) is 13.1 Å². The molecule has 0 spiro atoms. The van der Waals surface area contributed by atoms with Gasteiger partial charge in [-0.2, -0.15) is 5.10 Å². The van der Waals surface area contributed by atoms with Gasteiger partial charge in [0.1, 0.15) is 0 Å². The number of carbonyl (C=O) groups excluding carboxylic acids is 1. The van der Waals surface area contributed by atoms with Crippen molar-refractivity contribution in [1.82, 2.24) is 15.1 Å². The van der Waals surface area contributed by atoms with Crippen LogP contribution in [0.25, 0.3) is 10.9 Å². The Morgan fingerprint density at radius 3 is 2.77 bits per heavy atom. The molecule has 0 saturated carbocycles. The summed E-state index contributed by atoms with van der Waals surface area (Å²) < 4.78 is 0. The Morgan fingerprint density at radius 2 is 2.18 bits per heavy atom. The van der Waals surface area contributed by atoms with Gasteiger partial charge in [0, 0.05) is 31.1 Å². The molecule has 2 aromatic rings. The minimum Gasteiger partial charge on any atom is -0.340 e. The van der Waals surface area contributed by atoms with Crippen LogP contribution in [-0.2, 0) is 0 Å². The Labute approximate surface area is 127 Å². The minimum absolute atomic E-state index is 0.0760. The zero-order chi connectivity index (χ0) is 16.5. The van der Waals surface area contributed by atoms with E-state index in [9.17, 15) is 14.9 Å². The second-order valence-corrected chi connectivity index (χ2v) is 6.09. The highest BCUT2D eigenvalue weighted by Gasteiger charge is 2.25.